The highest BCUT2D eigenvalue weighted by Gasteiger charge is 2.29. The summed E-state index contributed by atoms with van der Waals surface area (Å²) in [6.07, 6.45) is 7.83. The van der Waals surface area contributed by atoms with Crippen LogP contribution >= 0.6 is 0 Å². The van der Waals surface area contributed by atoms with Gasteiger partial charge in [-0.15, -0.1) is 0 Å². The van der Waals surface area contributed by atoms with E-state index >= 15 is 0 Å². The second-order valence-corrected chi connectivity index (χ2v) is 15.4. The highest BCUT2D eigenvalue weighted by atomic mass is 16.5. The summed E-state index contributed by atoms with van der Waals surface area (Å²) >= 11 is 0. The molecule has 4 aliphatic rings. The molecule has 4 atom stereocenters. The highest BCUT2D eigenvalue weighted by Crippen LogP contribution is 2.35. The van der Waals surface area contributed by atoms with E-state index in [0.29, 0.717) is 45.8 Å². The molecular formula is C44H44N8O6. The molecule has 0 bridgehead atoms. The summed E-state index contributed by atoms with van der Waals surface area (Å²) in [7, 11) is 0. The van der Waals surface area contributed by atoms with Crippen molar-refractivity contribution < 1.29 is 28.7 Å². The molecule has 296 valence electrons. The SMILES string of the molecule is O=C1COc2ccc(C(=O)N[C@@H]3CCC[C@@H](c4nc5ccccc5[nH]4)C3)cc2N1.O=C1COc2ccc(C(=O)N[C@H]3CCC[C@H](c4nc5ccccc5[nH]4)C3)cc2N1. The van der Waals surface area contributed by atoms with Crippen LogP contribution in [0, 0.1) is 0 Å². The molecule has 58 heavy (non-hydrogen) atoms. The fourth-order valence-corrected chi connectivity index (χ4v) is 8.46. The van der Waals surface area contributed by atoms with Crippen molar-refractivity contribution in [2.45, 2.75) is 75.3 Å². The van der Waals surface area contributed by atoms with Crippen LogP contribution in [0.3, 0.4) is 0 Å². The molecular weight excluding hydrogens is 737 g/mol. The Bertz CT molecular complexity index is 2290. The fraction of sp³-hybridized carbons (Fsp3) is 0.318. The van der Waals surface area contributed by atoms with Crippen LogP contribution in [-0.4, -0.2) is 68.9 Å². The molecule has 0 saturated heterocycles. The zero-order valence-electron chi connectivity index (χ0n) is 31.8. The number of aromatic nitrogens is 4. The van der Waals surface area contributed by atoms with Gasteiger partial charge in [-0.05, 0) is 99.2 Å². The van der Waals surface area contributed by atoms with E-state index in [0.717, 1.165) is 85.1 Å². The van der Waals surface area contributed by atoms with E-state index in [1.807, 2.05) is 48.5 Å². The number of rotatable bonds is 6. The molecule has 10 rings (SSSR count). The van der Waals surface area contributed by atoms with Crippen LogP contribution in [0.25, 0.3) is 22.1 Å². The molecule has 4 aromatic carbocycles. The van der Waals surface area contributed by atoms with Crippen molar-refractivity contribution in [3.63, 3.8) is 0 Å². The Kier molecular flexibility index (Phi) is 10.2. The van der Waals surface area contributed by atoms with Gasteiger partial charge in [-0.2, -0.15) is 0 Å². The summed E-state index contributed by atoms with van der Waals surface area (Å²) in [6, 6.07) is 26.5. The Morgan fingerprint density at radius 3 is 1.48 bits per heavy atom. The fourth-order valence-electron chi connectivity index (χ4n) is 8.46. The molecule has 2 aliphatic heterocycles. The molecule has 0 unspecified atom stereocenters. The van der Waals surface area contributed by atoms with Gasteiger partial charge in [0, 0.05) is 35.0 Å². The third kappa shape index (κ3) is 8.08. The average Bonchev–Trinajstić information content (AvgIpc) is 3.89. The number of nitrogens with zero attached hydrogens (tertiary/aromatic N) is 2. The number of amides is 4. The number of hydrogen-bond donors (Lipinski definition) is 6. The lowest BCUT2D eigenvalue weighted by Crippen LogP contribution is -2.38. The van der Waals surface area contributed by atoms with Crippen LogP contribution in [-0.2, 0) is 9.59 Å². The minimum Gasteiger partial charge on any atom is -0.482 e. The van der Waals surface area contributed by atoms with E-state index in [4.69, 9.17) is 19.4 Å². The molecule has 14 heteroatoms. The minimum absolute atomic E-state index is 0.00377. The van der Waals surface area contributed by atoms with Crippen molar-refractivity contribution in [3.05, 3.63) is 108 Å². The van der Waals surface area contributed by atoms with E-state index in [-0.39, 0.29) is 48.9 Å². The molecule has 4 amide bonds. The predicted octanol–water partition coefficient (Wildman–Crippen LogP) is 6.70. The molecule has 6 N–H and O–H groups in total. The predicted molar refractivity (Wildman–Crippen MR) is 218 cm³/mol. The number of carbonyl (C=O) groups is 4. The Labute approximate surface area is 333 Å². The van der Waals surface area contributed by atoms with Crippen molar-refractivity contribution >= 4 is 57.1 Å². The third-order valence-electron chi connectivity index (χ3n) is 11.4. The average molecular weight is 781 g/mol. The molecule has 2 aliphatic carbocycles. The molecule has 0 spiro atoms. The Hall–Kier alpha value is -6.70. The second kappa shape index (κ2) is 16.0. The standard InChI is InChI=1S/2C22H22N4O3/c2*27-20-12-29-19-9-8-14(11-18(19)24-20)22(28)23-15-5-3-4-13(10-15)21-25-16-6-1-2-7-17(16)26-21/h2*1-2,6-9,11,13,15H,3-5,10,12H2,(H,23,28)(H,24,27)(H,25,26)/t2*13-,15-/m10/s1. The first kappa shape index (κ1) is 36.9. The summed E-state index contributed by atoms with van der Waals surface area (Å²) in [6.45, 7) is 0.00753. The number of aromatic amines is 2. The summed E-state index contributed by atoms with van der Waals surface area (Å²) in [5.74, 6) is 3.08. The lowest BCUT2D eigenvalue weighted by atomic mass is 9.85. The Morgan fingerprint density at radius 1 is 0.586 bits per heavy atom. The molecule has 2 saturated carbocycles. The number of anilines is 2. The van der Waals surface area contributed by atoms with Crippen LogP contribution in [0.1, 0.15) is 95.6 Å². The summed E-state index contributed by atoms with van der Waals surface area (Å²) in [5.41, 5.74) is 6.16. The number of carbonyl (C=O) groups excluding carboxylic acids is 4. The lowest BCUT2D eigenvalue weighted by Gasteiger charge is -2.29. The first-order valence-corrected chi connectivity index (χ1v) is 20.0. The van der Waals surface area contributed by atoms with Gasteiger partial charge in [0.1, 0.15) is 23.1 Å². The summed E-state index contributed by atoms with van der Waals surface area (Å²) < 4.78 is 10.7. The molecule has 0 radical (unpaired) electrons. The van der Waals surface area contributed by atoms with Crippen LogP contribution in [0.2, 0.25) is 0 Å². The smallest absolute Gasteiger partial charge is 0.262 e. The quantitative estimate of drug-likeness (QED) is 0.108. The van der Waals surface area contributed by atoms with E-state index in [9.17, 15) is 19.2 Å². The van der Waals surface area contributed by atoms with Gasteiger partial charge in [0.25, 0.3) is 23.6 Å². The topological polar surface area (TPSA) is 192 Å². The Balaban J connectivity index is 0.000000150. The summed E-state index contributed by atoms with van der Waals surface area (Å²) in [4.78, 5) is 64.9. The van der Waals surface area contributed by atoms with Crippen LogP contribution in [0.5, 0.6) is 11.5 Å². The third-order valence-corrected chi connectivity index (χ3v) is 11.4. The van der Waals surface area contributed by atoms with Gasteiger partial charge in [0.2, 0.25) is 0 Å². The first-order valence-electron chi connectivity index (χ1n) is 20.0. The zero-order valence-corrected chi connectivity index (χ0v) is 31.8. The number of ether oxygens (including phenoxy) is 2. The number of H-pyrrole nitrogens is 2. The molecule has 4 heterocycles. The van der Waals surface area contributed by atoms with Crippen molar-refractivity contribution in [1.29, 1.82) is 0 Å². The van der Waals surface area contributed by atoms with E-state index < -0.39 is 0 Å². The largest absolute Gasteiger partial charge is 0.482 e. The normalized spacial score (nSPS) is 21.2. The summed E-state index contributed by atoms with van der Waals surface area (Å²) in [5, 5.41) is 11.8. The van der Waals surface area contributed by atoms with Gasteiger partial charge in [0.15, 0.2) is 13.2 Å². The van der Waals surface area contributed by atoms with E-state index in [2.05, 4.69) is 31.2 Å². The number of hydrogen-bond acceptors (Lipinski definition) is 8. The van der Waals surface area contributed by atoms with Crippen molar-refractivity contribution in [2.75, 3.05) is 23.8 Å². The van der Waals surface area contributed by atoms with Gasteiger partial charge in [-0.3, -0.25) is 19.2 Å². The van der Waals surface area contributed by atoms with Gasteiger partial charge < -0.3 is 40.7 Å². The number of imidazole rings is 2. The number of para-hydroxylation sites is 4. The number of benzene rings is 4. The van der Waals surface area contributed by atoms with Gasteiger partial charge in [-0.1, -0.05) is 37.1 Å². The first-order chi connectivity index (χ1) is 28.3. The molecule has 2 fully saturated rings. The maximum atomic E-state index is 12.8. The number of nitrogens with one attached hydrogen (secondary N) is 6. The Morgan fingerprint density at radius 2 is 1.03 bits per heavy atom. The maximum absolute atomic E-state index is 12.8. The van der Waals surface area contributed by atoms with Gasteiger partial charge >= 0.3 is 0 Å². The highest BCUT2D eigenvalue weighted by molar-refractivity contribution is 6.01. The minimum atomic E-state index is -0.212. The van der Waals surface area contributed by atoms with Crippen molar-refractivity contribution in [1.82, 2.24) is 30.6 Å². The second-order valence-electron chi connectivity index (χ2n) is 15.4. The van der Waals surface area contributed by atoms with Crippen LogP contribution in [0.4, 0.5) is 11.4 Å². The van der Waals surface area contributed by atoms with Gasteiger partial charge in [0.05, 0.1) is 33.4 Å². The van der Waals surface area contributed by atoms with Crippen molar-refractivity contribution in [2.24, 2.45) is 0 Å². The van der Waals surface area contributed by atoms with E-state index in [1.54, 1.807) is 36.4 Å². The maximum Gasteiger partial charge on any atom is 0.262 e. The molecule has 2 aromatic heterocycles. The van der Waals surface area contributed by atoms with Crippen LogP contribution in [0.15, 0.2) is 84.9 Å². The monoisotopic (exact) mass is 780 g/mol. The van der Waals surface area contributed by atoms with Crippen LogP contribution < -0.4 is 30.7 Å². The molecule has 14 nitrogen and oxygen atoms in total. The van der Waals surface area contributed by atoms with Gasteiger partial charge in [-0.25, -0.2) is 9.97 Å². The lowest BCUT2D eigenvalue weighted by molar-refractivity contribution is -0.119. The number of fused-ring (bicyclic) bond motifs is 4. The van der Waals surface area contributed by atoms with Crippen molar-refractivity contribution in [3.8, 4) is 11.5 Å². The molecule has 6 aromatic rings. The van der Waals surface area contributed by atoms with E-state index in [1.165, 1.54) is 0 Å². The zero-order chi connectivity index (χ0) is 39.6.